The smallest absolute Gasteiger partial charge is 0.205 e. The molecule has 11 heteroatoms. The van der Waals surface area contributed by atoms with Crippen molar-refractivity contribution in [3.8, 4) is 0 Å². The van der Waals surface area contributed by atoms with Gasteiger partial charge in [-0.05, 0) is 11.9 Å². The van der Waals surface area contributed by atoms with Crippen LogP contribution in [0.2, 0.25) is 0 Å². The van der Waals surface area contributed by atoms with E-state index in [0.717, 1.165) is 7.05 Å². The van der Waals surface area contributed by atoms with Crippen molar-refractivity contribution in [2.75, 3.05) is 7.05 Å². The summed E-state index contributed by atoms with van der Waals surface area (Å²) in [5.74, 6) is 0. The number of hydrogen-bond donors (Lipinski definition) is 0. The summed E-state index contributed by atoms with van der Waals surface area (Å²) in [7, 11) is -2.91. The molecule has 0 aromatic carbocycles. The number of alkyl halides is 3. The molecule has 0 aliphatic rings. The second-order valence-electron chi connectivity index (χ2n) is 1.99. The molecular formula is C4H3Cl6NO2S2. The first kappa shape index (κ1) is 16.7. The quantitative estimate of drug-likeness (QED) is 0.552. The largest absolute Gasteiger partial charge is 0.265 e. The SMILES string of the molecule is CN(SC(Cl)(Cl)Cl)S(=O)(=O)C(Cl)=C(Cl)Cl. The monoisotopic (exact) mass is 371 g/mol. The van der Waals surface area contributed by atoms with Crippen LogP contribution in [0.3, 0.4) is 0 Å². The highest BCUT2D eigenvalue weighted by molar-refractivity contribution is 8.13. The Bertz CT molecular complexity index is 356. The average Bonchev–Trinajstić information content (AvgIpc) is 1.99. The van der Waals surface area contributed by atoms with E-state index in [1.165, 1.54) is 0 Å². The van der Waals surface area contributed by atoms with Crippen molar-refractivity contribution < 1.29 is 8.42 Å². The molecule has 0 rings (SSSR count). The summed E-state index contributed by atoms with van der Waals surface area (Å²) in [6.07, 6.45) is 0. The maximum absolute atomic E-state index is 11.5. The fraction of sp³-hybridized carbons (Fsp3) is 0.500. The van der Waals surface area contributed by atoms with Crippen LogP contribution in [-0.2, 0) is 10.0 Å². The molecule has 0 fully saturated rings. The lowest BCUT2D eigenvalue weighted by atomic mass is 11.2. The summed E-state index contributed by atoms with van der Waals surface area (Å²) in [4.78, 5) is 0. The molecular weight excluding hydrogens is 371 g/mol. The molecule has 0 unspecified atom stereocenters. The van der Waals surface area contributed by atoms with E-state index in [-0.39, 0.29) is 0 Å². The van der Waals surface area contributed by atoms with Gasteiger partial charge in [0.15, 0.2) is 4.36 Å². The summed E-state index contributed by atoms with van der Waals surface area (Å²) < 4.78 is 20.5. The fourth-order valence-electron chi connectivity index (χ4n) is 0.405. The van der Waals surface area contributed by atoms with E-state index in [0.29, 0.717) is 15.7 Å². The van der Waals surface area contributed by atoms with Crippen LogP contribution in [0.4, 0.5) is 0 Å². The van der Waals surface area contributed by atoms with E-state index in [1.54, 1.807) is 0 Å². The van der Waals surface area contributed by atoms with Crippen LogP contribution >= 0.6 is 81.6 Å². The topological polar surface area (TPSA) is 37.4 Å². The number of hydrogen-bond acceptors (Lipinski definition) is 3. The Labute approximate surface area is 122 Å². The van der Waals surface area contributed by atoms with Crippen LogP contribution in [0, 0.1) is 0 Å². The van der Waals surface area contributed by atoms with E-state index in [2.05, 4.69) is 0 Å². The molecule has 0 aliphatic heterocycles. The van der Waals surface area contributed by atoms with Crippen molar-refractivity contribution in [2.45, 2.75) is 3.12 Å². The molecule has 90 valence electrons. The predicted octanol–water partition coefficient (Wildman–Crippen LogP) is 4.07. The molecule has 0 atom stereocenters. The van der Waals surface area contributed by atoms with Gasteiger partial charge in [0.1, 0.15) is 4.49 Å². The van der Waals surface area contributed by atoms with Crippen LogP contribution < -0.4 is 0 Å². The zero-order valence-corrected chi connectivity index (χ0v) is 13.0. The van der Waals surface area contributed by atoms with Crippen molar-refractivity contribution in [1.82, 2.24) is 3.71 Å². The zero-order valence-electron chi connectivity index (χ0n) is 6.85. The maximum atomic E-state index is 11.5. The number of halogens is 6. The third-order valence-corrected chi connectivity index (χ3v) is 5.75. The molecule has 0 aliphatic carbocycles. The van der Waals surface area contributed by atoms with Crippen molar-refractivity contribution in [3.05, 3.63) is 8.86 Å². The van der Waals surface area contributed by atoms with Gasteiger partial charge < -0.3 is 0 Å². The average molecular weight is 374 g/mol. The zero-order chi connectivity index (χ0) is 12.4. The third kappa shape index (κ3) is 5.75. The van der Waals surface area contributed by atoms with Crippen molar-refractivity contribution in [2.24, 2.45) is 0 Å². The second-order valence-corrected chi connectivity index (χ2v) is 9.97. The minimum atomic E-state index is -4.05. The van der Waals surface area contributed by atoms with Gasteiger partial charge in [0.25, 0.3) is 13.1 Å². The summed E-state index contributed by atoms with van der Waals surface area (Å²) >= 11 is 32.4. The first-order valence-electron chi connectivity index (χ1n) is 2.94. The van der Waals surface area contributed by atoms with E-state index in [4.69, 9.17) is 69.6 Å². The van der Waals surface area contributed by atoms with Gasteiger partial charge in [0.2, 0.25) is 0 Å². The summed E-state index contributed by atoms with van der Waals surface area (Å²) in [5, 5.41) is 0. The van der Waals surface area contributed by atoms with Gasteiger partial charge in [-0.25, -0.2) is 8.42 Å². The molecule has 0 spiro atoms. The van der Waals surface area contributed by atoms with E-state index >= 15 is 0 Å². The number of rotatable bonds is 3. The second kappa shape index (κ2) is 6.07. The molecule has 0 aromatic heterocycles. The normalized spacial score (nSPS) is 13.1. The lowest BCUT2D eigenvalue weighted by Crippen LogP contribution is -2.23. The van der Waals surface area contributed by atoms with Gasteiger partial charge in [0, 0.05) is 7.05 Å². The van der Waals surface area contributed by atoms with Crippen LogP contribution in [-0.4, -0.2) is 22.3 Å². The molecule has 3 nitrogen and oxygen atoms in total. The molecule has 0 bridgehead atoms. The fourth-order valence-corrected chi connectivity index (χ4v) is 4.39. The van der Waals surface area contributed by atoms with Gasteiger partial charge in [-0.15, -0.1) is 3.71 Å². The Morgan fingerprint density at radius 2 is 1.60 bits per heavy atom. The summed E-state index contributed by atoms with van der Waals surface area (Å²) in [5.41, 5.74) is 0. The van der Waals surface area contributed by atoms with Gasteiger partial charge in [0.05, 0.1) is 0 Å². The molecule has 0 saturated heterocycles. The van der Waals surface area contributed by atoms with E-state index in [9.17, 15) is 8.42 Å². The highest BCUT2D eigenvalue weighted by Crippen LogP contribution is 2.43. The van der Waals surface area contributed by atoms with Crippen LogP contribution in [0.1, 0.15) is 0 Å². The van der Waals surface area contributed by atoms with Gasteiger partial charge in [-0.2, -0.15) is 0 Å². The third-order valence-electron chi connectivity index (χ3n) is 0.946. The van der Waals surface area contributed by atoms with E-state index < -0.39 is 22.0 Å². The molecule has 15 heavy (non-hydrogen) atoms. The lowest BCUT2D eigenvalue weighted by molar-refractivity contribution is 0.573. The highest BCUT2D eigenvalue weighted by Gasteiger charge is 2.32. The number of nitrogens with zero attached hydrogens (tertiary/aromatic N) is 1. The lowest BCUT2D eigenvalue weighted by Gasteiger charge is -2.19. The molecule has 0 N–H and O–H groups in total. The van der Waals surface area contributed by atoms with Gasteiger partial charge in [-0.3, -0.25) is 0 Å². The Morgan fingerprint density at radius 1 is 1.20 bits per heavy atom. The predicted molar refractivity (Wildman–Crippen MR) is 69.1 cm³/mol. The Morgan fingerprint density at radius 3 is 1.87 bits per heavy atom. The summed E-state index contributed by atoms with van der Waals surface area (Å²) in [6, 6.07) is 0. The Kier molecular flexibility index (Phi) is 6.77. The van der Waals surface area contributed by atoms with Crippen molar-refractivity contribution >= 4 is 91.6 Å². The Hall–Kier alpha value is 1.74. The molecule has 0 aromatic rings. The molecule has 0 amide bonds. The standard InChI is InChI=1S/C4H3Cl6NO2S2/c1-11(14-4(8,9)10)15(12,13)3(7)2(5)6/h1H3. The molecule has 0 heterocycles. The first-order valence-corrected chi connectivity index (χ1v) is 7.42. The maximum Gasteiger partial charge on any atom is 0.265 e. The Balaban J connectivity index is 5.01. The van der Waals surface area contributed by atoms with Crippen LogP contribution in [0.25, 0.3) is 0 Å². The van der Waals surface area contributed by atoms with Crippen molar-refractivity contribution in [3.63, 3.8) is 0 Å². The molecule has 0 saturated carbocycles. The van der Waals surface area contributed by atoms with Crippen LogP contribution in [0.15, 0.2) is 8.86 Å². The van der Waals surface area contributed by atoms with Gasteiger partial charge in [-0.1, -0.05) is 69.6 Å². The first-order chi connectivity index (χ1) is 6.48. The molecule has 0 radical (unpaired) electrons. The minimum absolute atomic E-state index is 0.415. The highest BCUT2D eigenvalue weighted by atomic mass is 35.6. The minimum Gasteiger partial charge on any atom is -0.205 e. The number of sulfonamides is 1. The van der Waals surface area contributed by atoms with E-state index in [1.807, 2.05) is 0 Å². The van der Waals surface area contributed by atoms with Gasteiger partial charge >= 0.3 is 0 Å². The van der Waals surface area contributed by atoms with Crippen LogP contribution in [0.5, 0.6) is 0 Å². The van der Waals surface area contributed by atoms with Crippen molar-refractivity contribution in [1.29, 1.82) is 0 Å². The summed E-state index contributed by atoms with van der Waals surface area (Å²) in [6.45, 7) is 0.